The Kier molecular flexibility index (Phi) is 3.83. The Labute approximate surface area is 108 Å². The van der Waals surface area contributed by atoms with E-state index in [2.05, 4.69) is 10.4 Å². The maximum atomic E-state index is 6.11. The van der Waals surface area contributed by atoms with Gasteiger partial charge in [-0.1, -0.05) is 11.6 Å². The number of hydrogen-bond donors (Lipinski definition) is 2. The standard InChI is InChI=1S/C11H12ClN3OS/c1-2-16-10-4-3-7(5-8(10)12)9-6-17-11(14-9)15-13/h3-6H,2,13H2,1H3,(H,14,15). The van der Waals surface area contributed by atoms with Crippen molar-refractivity contribution in [1.82, 2.24) is 4.98 Å². The van der Waals surface area contributed by atoms with Crippen molar-refractivity contribution >= 4 is 28.1 Å². The summed E-state index contributed by atoms with van der Waals surface area (Å²) in [4.78, 5) is 4.30. The number of nitrogens with one attached hydrogen (secondary N) is 1. The molecule has 0 bridgehead atoms. The van der Waals surface area contributed by atoms with Crippen molar-refractivity contribution in [1.29, 1.82) is 0 Å². The molecule has 0 aliphatic carbocycles. The third kappa shape index (κ3) is 2.69. The molecule has 0 spiro atoms. The van der Waals surface area contributed by atoms with Crippen LogP contribution >= 0.6 is 22.9 Å². The van der Waals surface area contributed by atoms with Crippen LogP contribution in [0.3, 0.4) is 0 Å². The van der Waals surface area contributed by atoms with Crippen molar-refractivity contribution in [3.05, 3.63) is 28.6 Å². The lowest BCUT2D eigenvalue weighted by Gasteiger charge is -2.06. The maximum absolute atomic E-state index is 6.11. The SMILES string of the molecule is CCOc1ccc(-c2csc(NN)n2)cc1Cl. The molecule has 90 valence electrons. The van der Waals surface area contributed by atoms with E-state index in [4.69, 9.17) is 22.2 Å². The molecule has 0 aliphatic heterocycles. The third-order valence-electron chi connectivity index (χ3n) is 2.16. The minimum atomic E-state index is 0.583. The number of anilines is 1. The molecular weight excluding hydrogens is 258 g/mol. The minimum absolute atomic E-state index is 0.583. The van der Waals surface area contributed by atoms with Crippen molar-refractivity contribution < 1.29 is 4.74 Å². The molecule has 1 heterocycles. The van der Waals surface area contributed by atoms with Crippen LogP contribution in [0.25, 0.3) is 11.3 Å². The van der Waals surface area contributed by atoms with Crippen molar-refractivity contribution in [2.45, 2.75) is 6.92 Å². The van der Waals surface area contributed by atoms with E-state index in [1.165, 1.54) is 11.3 Å². The number of rotatable bonds is 4. The minimum Gasteiger partial charge on any atom is -0.492 e. The molecule has 0 atom stereocenters. The topological polar surface area (TPSA) is 60.2 Å². The van der Waals surface area contributed by atoms with Crippen LogP contribution in [0.5, 0.6) is 5.75 Å². The molecule has 1 aromatic heterocycles. The van der Waals surface area contributed by atoms with Crippen LogP contribution in [0.2, 0.25) is 5.02 Å². The molecule has 4 nitrogen and oxygen atoms in total. The van der Waals surface area contributed by atoms with E-state index in [0.717, 1.165) is 11.3 Å². The Balaban J connectivity index is 2.30. The summed E-state index contributed by atoms with van der Waals surface area (Å²) in [5.41, 5.74) is 4.29. The second kappa shape index (κ2) is 5.35. The smallest absolute Gasteiger partial charge is 0.197 e. The number of thiazole rings is 1. The van der Waals surface area contributed by atoms with Gasteiger partial charge in [0.2, 0.25) is 0 Å². The van der Waals surface area contributed by atoms with Gasteiger partial charge >= 0.3 is 0 Å². The molecule has 0 saturated carbocycles. The summed E-state index contributed by atoms with van der Waals surface area (Å²) < 4.78 is 5.37. The van der Waals surface area contributed by atoms with E-state index in [1.54, 1.807) is 0 Å². The summed E-state index contributed by atoms with van der Waals surface area (Å²) in [5.74, 6) is 5.97. The summed E-state index contributed by atoms with van der Waals surface area (Å²) in [6.07, 6.45) is 0. The first kappa shape index (κ1) is 12.2. The fraction of sp³-hybridized carbons (Fsp3) is 0.182. The highest BCUT2D eigenvalue weighted by Gasteiger charge is 2.07. The zero-order chi connectivity index (χ0) is 12.3. The predicted molar refractivity (Wildman–Crippen MR) is 71.5 cm³/mol. The Morgan fingerprint density at radius 2 is 2.35 bits per heavy atom. The average Bonchev–Trinajstić information content (AvgIpc) is 2.80. The lowest BCUT2D eigenvalue weighted by molar-refractivity contribution is 0.340. The summed E-state index contributed by atoms with van der Waals surface area (Å²) in [7, 11) is 0. The Bertz CT molecular complexity index is 515. The van der Waals surface area contributed by atoms with Gasteiger partial charge in [-0.25, -0.2) is 10.8 Å². The first-order valence-corrected chi connectivity index (χ1v) is 6.35. The monoisotopic (exact) mass is 269 g/mol. The van der Waals surface area contributed by atoms with Gasteiger partial charge < -0.3 is 4.74 Å². The Hall–Kier alpha value is -1.30. The molecular formula is C11H12ClN3OS. The quantitative estimate of drug-likeness (QED) is 0.661. The first-order valence-electron chi connectivity index (χ1n) is 5.09. The van der Waals surface area contributed by atoms with Gasteiger partial charge in [0.25, 0.3) is 0 Å². The Morgan fingerprint density at radius 1 is 1.53 bits per heavy atom. The molecule has 0 unspecified atom stereocenters. The van der Waals surface area contributed by atoms with Gasteiger partial charge in [-0.15, -0.1) is 11.3 Å². The zero-order valence-corrected chi connectivity index (χ0v) is 10.8. The average molecular weight is 270 g/mol. The summed E-state index contributed by atoms with van der Waals surface area (Å²) in [6.45, 7) is 2.51. The number of nitrogens with two attached hydrogens (primary N) is 1. The van der Waals surface area contributed by atoms with Crippen LogP contribution < -0.4 is 16.0 Å². The van der Waals surface area contributed by atoms with E-state index in [9.17, 15) is 0 Å². The number of aromatic nitrogens is 1. The van der Waals surface area contributed by atoms with Gasteiger partial charge in [-0.2, -0.15) is 0 Å². The van der Waals surface area contributed by atoms with Gasteiger partial charge in [0, 0.05) is 10.9 Å². The highest BCUT2D eigenvalue weighted by molar-refractivity contribution is 7.14. The van der Waals surface area contributed by atoms with E-state index >= 15 is 0 Å². The van der Waals surface area contributed by atoms with Crippen LogP contribution in [0.1, 0.15) is 6.92 Å². The van der Waals surface area contributed by atoms with Crippen molar-refractivity contribution in [2.75, 3.05) is 12.0 Å². The number of halogens is 1. The van der Waals surface area contributed by atoms with Gasteiger partial charge in [-0.3, -0.25) is 5.43 Å². The molecule has 0 saturated heterocycles. The second-order valence-corrected chi connectivity index (χ2v) is 4.53. The molecule has 17 heavy (non-hydrogen) atoms. The summed E-state index contributed by atoms with van der Waals surface area (Å²) in [5, 5.41) is 3.17. The Morgan fingerprint density at radius 3 is 2.94 bits per heavy atom. The zero-order valence-electron chi connectivity index (χ0n) is 9.24. The molecule has 2 rings (SSSR count). The largest absolute Gasteiger partial charge is 0.492 e. The second-order valence-electron chi connectivity index (χ2n) is 3.26. The van der Waals surface area contributed by atoms with E-state index < -0.39 is 0 Å². The normalized spacial score (nSPS) is 10.3. The fourth-order valence-electron chi connectivity index (χ4n) is 1.41. The molecule has 0 amide bonds. The molecule has 0 fully saturated rings. The van der Waals surface area contributed by atoms with Crippen molar-refractivity contribution in [3.63, 3.8) is 0 Å². The van der Waals surface area contributed by atoms with Gasteiger partial charge in [0.05, 0.1) is 17.3 Å². The van der Waals surface area contributed by atoms with Crippen LogP contribution in [0.15, 0.2) is 23.6 Å². The number of ether oxygens (including phenoxy) is 1. The van der Waals surface area contributed by atoms with E-state index in [1.807, 2.05) is 30.5 Å². The fourth-order valence-corrected chi connectivity index (χ4v) is 2.27. The number of hydrazine groups is 1. The van der Waals surface area contributed by atoms with Crippen molar-refractivity contribution in [3.8, 4) is 17.0 Å². The molecule has 0 radical (unpaired) electrons. The van der Waals surface area contributed by atoms with Gasteiger partial charge in [-0.05, 0) is 25.1 Å². The highest BCUT2D eigenvalue weighted by Crippen LogP contribution is 2.31. The van der Waals surface area contributed by atoms with Crippen molar-refractivity contribution in [2.24, 2.45) is 5.84 Å². The van der Waals surface area contributed by atoms with E-state index in [0.29, 0.717) is 22.5 Å². The van der Waals surface area contributed by atoms with Crippen LogP contribution in [0, 0.1) is 0 Å². The third-order valence-corrected chi connectivity index (χ3v) is 3.22. The molecule has 6 heteroatoms. The number of hydrogen-bond acceptors (Lipinski definition) is 5. The molecule has 1 aromatic carbocycles. The van der Waals surface area contributed by atoms with Crippen LogP contribution in [-0.2, 0) is 0 Å². The number of benzene rings is 1. The molecule has 2 aromatic rings. The maximum Gasteiger partial charge on any atom is 0.197 e. The molecule has 0 aliphatic rings. The van der Waals surface area contributed by atoms with Gasteiger partial charge in [0.15, 0.2) is 5.13 Å². The van der Waals surface area contributed by atoms with Crippen LogP contribution in [0.4, 0.5) is 5.13 Å². The highest BCUT2D eigenvalue weighted by atomic mass is 35.5. The number of nitrogens with zero attached hydrogens (tertiary/aromatic N) is 1. The van der Waals surface area contributed by atoms with Gasteiger partial charge in [0.1, 0.15) is 5.75 Å². The lowest BCUT2D eigenvalue weighted by atomic mass is 10.2. The lowest BCUT2D eigenvalue weighted by Crippen LogP contribution is -2.05. The first-order chi connectivity index (χ1) is 8.24. The molecule has 3 N–H and O–H groups in total. The summed E-state index contributed by atoms with van der Waals surface area (Å²) in [6, 6.07) is 5.60. The summed E-state index contributed by atoms with van der Waals surface area (Å²) >= 11 is 7.55. The number of nitrogen functional groups attached to an aromatic ring is 1. The van der Waals surface area contributed by atoms with Crippen LogP contribution in [-0.4, -0.2) is 11.6 Å². The van der Waals surface area contributed by atoms with E-state index in [-0.39, 0.29) is 0 Å². The predicted octanol–water partition coefficient (Wildman–Crippen LogP) is 3.15.